The lowest BCUT2D eigenvalue weighted by Crippen LogP contribution is -2.52. The number of hydrogen-bond acceptors (Lipinski definition) is 3. The van der Waals surface area contributed by atoms with Crippen LogP contribution in [0, 0.1) is 5.92 Å². The first-order valence-corrected chi connectivity index (χ1v) is 5.77. The van der Waals surface area contributed by atoms with Gasteiger partial charge in [-0.2, -0.15) is 0 Å². The molecule has 3 nitrogen and oxygen atoms in total. The summed E-state index contributed by atoms with van der Waals surface area (Å²) in [6, 6.07) is 0.801. The van der Waals surface area contributed by atoms with E-state index in [9.17, 15) is 0 Å². The molecule has 0 N–H and O–H groups in total. The van der Waals surface area contributed by atoms with E-state index >= 15 is 0 Å². The lowest BCUT2D eigenvalue weighted by atomic mass is 9.92. The zero-order valence-electron chi connectivity index (χ0n) is 9.41. The second kappa shape index (κ2) is 4.60. The van der Waals surface area contributed by atoms with Crippen molar-refractivity contribution < 1.29 is 4.74 Å². The average Bonchev–Trinajstić information content (AvgIpc) is 2.19. The molecular formula is C11H22N2O. The molecule has 2 aliphatic rings. The van der Waals surface area contributed by atoms with Gasteiger partial charge in [-0.25, -0.2) is 0 Å². The molecule has 2 aliphatic heterocycles. The maximum absolute atomic E-state index is 5.39. The molecule has 14 heavy (non-hydrogen) atoms. The Labute approximate surface area is 87.0 Å². The Hall–Kier alpha value is -0.120. The molecule has 2 atom stereocenters. The van der Waals surface area contributed by atoms with Gasteiger partial charge in [0, 0.05) is 25.7 Å². The van der Waals surface area contributed by atoms with Crippen LogP contribution in [0.5, 0.6) is 0 Å². The summed E-state index contributed by atoms with van der Waals surface area (Å²) in [5.74, 6) is 0.812. The second-order valence-electron chi connectivity index (χ2n) is 4.74. The van der Waals surface area contributed by atoms with E-state index in [4.69, 9.17) is 4.74 Å². The molecule has 3 heteroatoms. The Kier molecular flexibility index (Phi) is 3.42. The standard InChI is InChI=1S/C11H22N2O/c1-10-9-12(2)4-3-11(10)13-5-7-14-8-6-13/h10-11H,3-9H2,1-2H3/t10-,11+/m1/s1. The SMILES string of the molecule is C[C@@H]1CN(C)CC[C@@H]1N1CCOCC1. The number of likely N-dealkylation sites (tertiary alicyclic amines) is 1. The molecule has 0 aromatic carbocycles. The van der Waals surface area contributed by atoms with Crippen molar-refractivity contribution in [2.45, 2.75) is 19.4 Å². The van der Waals surface area contributed by atoms with Crippen LogP contribution in [0.3, 0.4) is 0 Å². The second-order valence-corrected chi connectivity index (χ2v) is 4.74. The fraction of sp³-hybridized carbons (Fsp3) is 1.00. The van der Waals surface area contributed by atoms with Crippen LogP contribution in [0.15, 0.2) is 0 Å². The van der Waals surface area contributed by atoms with Crippen molar-refractivity contribution in [1.29, 1.82) is 0 Å². The highest BCUT2D eigenvalue weighted by Gasteiger charge is 2.29. The maximum Gasteiger partial charge on any atom is 0.0594 e. The molecule has 0 aliphatic carbocycles. The fourth-order valence-corrected chi connectivity index (χ4v) is 2.79. The minimum atomic E-state index is 0.801. The van der Waals surface area contributed by atoms with Gasteiger partial charge in [0.05, 0.1) is 13.2 Å². The van der Waals surface area contributed by atoms with E-state index in [0.29, 0.717) is 0 Å². The summed E-state index contributed by atoms with van der Waals surface area (Å²) in [6.07, 6.45) is 1.33. The van der Waals surface area contributed by atoms with Crippen LogP contribution in [0.4, 0.5) is 0 Å². The summed E-state index contributed by atoms with van der Waals surface area (Å²) in [6.45, 7) is 9.03. The lowest BCUT2D eigenvalue weighted by molar-refractivity contribution is -0.0132. The summed E-state index contributed by atoms with van der Waals surface area (Å²) in [5, 5.41) is 0. The summed E-state index contributed by atoms with van der Waals surface area (Å²) >= 11 is 0. The van der Waals surface area contributed by atoms with Crippen molar-refractivity contribution >= 4 is 0 Å². The number of piperidine rings is 1. The van der Waals surface area contributed by atoms with Crippen LogP contribution in [0.25, 0.3) is 0 Å². The van der Waals surface area contributed by atoms with Gasteiger partial charge in [0.25, 0.3) is 0 Å². The number of morpholine rings is 1. The number of hydrogen-bond donors (Lipinski definition) is 0. The van der Waals surface area contributed by atoms with Gasteiger partial charge in [-0.3, -0.25) is 4.90 Å². The molecule has 2 heterocycles. The average molecular weight is 198 g/mol. The molecule has 0 spiro atoms. The molecule has 0 amide bonds. The Morgan fingerprint density at radius 3 is 2.50 bits per heavy atom. The molecule has 2 rings (SSSR count). The molecule has 0 unspecified atom stereocenters. The Morgan fingerprint density at radius 2 is 1.86 bits per heavy atom. The summed E-state index contributed by atoms with van der Waals surface area (Å²) in [7, 11) is 2.23. The molecule has 0 aromatic heterocycles. The van der Waals surface area contributed by atoms with Crippen LogP contribution in [0.2, 0.25) is 0 Å². The van der Waals surface area contributed by atoms with Gasteiger partial charge in [-0.05, 0) is 25.9 Å². The topological polar surface area (TPSA) is 15.7 Å². The highest BCUT2D eigenvalue weighted by atomic mass is 16.5. The predicted molar refractivity (Wildman–Crippen MR) is 57.5 cm³/mol. The summed E-state index contributed by atoms with van der Waals surface area (Å²) in [5.41, 5.74) is 0. The van der Waals surface area contributed by atoms with E-state index in [2.05, 4.69) is 23.8 Å². The van der Waals surface area contributed by atoms with E-state index in [1.807, 2.05) is 0 Å². The van der Waals surface area contributed by atoms with Crippen molar-refractivity contribution in [3.05, 3.63) is 0 Å². The van der Waals surface area contributed by atoms with E-state index in [1.165, 1.54) is 19.5 Å². The molecule has 0 bridgehead atoms. The van der Waals surface area contributed by atoms with Gasteiger partial charge in [0.2, 0.25) is 0 Å². The molecule has 0 aromatic rings. The number of nitrogens with zero attached hydrogens (tertiary/aromatic N) is 2. The monoisotopic (exact) mass is 198 g/mol. The molecule has 82 valence electrons. The summed E-state index contributed by atoms with van der Waals surface area (Å²) in [4.78, 5) is 5.07. The van der Waals surface area contributed by atoms with Crippen molar-refractivity contribution in [2.24, 2.45) is 5.92 Å². The zero-order chi connectivity index (χ0) is 9.97. The normalized spacial score (nSPS) is 37.3. The first-order valence-electron chi connectivity index (χ1n) is 5.77. The largest absolute Gasteiger partial charge is 0.379 e. The van der Waals surface area contributed by atoms with Crippen LogP contribution in [0.1, 0.15) is 13.3 Å². The molecular weight excluding hydrogens is 176 g/mol. The molecule has 2 saturated heterocycles. The maximum atomic E-state index is 5.39. The van der Waals surface area contributed by atoms with Gasteiger partial charge in [0.1, 0.15) is 0 Å². The quantitative estimate of drug-likeness (QED) is 0.615. The first-order chi connectivity index (χ1) is 6.77. The highest BCUT2D eigenvalue weighted by molar-refractivity contribution is 4.84. The van der Waals surface area contributed by atoms with E-state index < -0.39 is 0 Å². The van der Waals surface area contributed by atoms with E-state index in [0.717, 1.165) is 38.3 Å². The Bertz CT molecular complexity index is 180. The van der Waals surface area contributed by atoms with Crippen molar-refractivity contribution in [3.8, 4) is 0 Å². The summed E-state index contributed by atoms with van der Waals surface area (Å²) < 4.78 is 5.39. The third-order valence-corrected chi connectivity index (χ3v) is 3.58. The Morgan fingerprint density at radius 1 is 1.14 bits per heavy atom. The molecule has 0 radical (unpaired) electrons. The van der Waals surface area contributed by atoms with Crippen molar-refractivity contribution in [3.63, 3.8) is 0 Å². The van der Waals surface area contributed by atoms with Crippen LogP contribution in [-0.4, -0.2) is 62.3 Å². The van der Waals surface area contributed by atoms with Crippen LogP contribution < -0.4 is 0 Å². The van der Waals surface area contributed by atoms with Gasteiger partial charge < -0.3 is 9.64 Å². The van der Waals surface area contributed by atoms with Crippen molar-refractivity contribution in [1.82, 2.24) is 9.80 Å². The van der Waals surface area contributed by atoms with Crippen molar-refractivity contribution in [2.75, 3.05) is 46.4 Å². The molecule has 0 saturated carbocycles. The Balaban J connectivity index is 1.89. The number of ether oxygens (including phenoxy) is 1. The van der Waals surface area contributed by atoms with Gasteiger partial charge in [-0.15, -0.1) is 0 Å². The fourth-order valence-electron chi connectivity index (χ4n) is 2.79. The van der Waals surface area contributed by atoms with Gasteiger partial charge in [-0.1, -0.05) is 6.92 Å². The third kappa shape index (κ3) is 2.27. The van der Waals surface area contributed by atoms with Crippen LogP contribution >= 0.6 is 0 Å². The minimum absolute atomic E-state index is 0.801. The first kappa shape index (κ1) is 10.4. The third-order valence-electron chi connectivity index (χ3n) is 3.58. The highest BCUT2D eigenvalue weighted by Crippen LogP contribution is 2.21. The van der Waals surface area contributed by atoms with Gasteiger partial charge in [0.15, 0.2) is 0 Å². The lowest BCUT2D eigenvalue weighted by Gasteiger charge is -2.43. The zero-order valence-corrected chi connectivity index (χ0v) is 9.41. The number of rotatable bonds is 1. The smallest absolute Gasteiger partial charge is 0.0594 e. The van der Waals surface area contributed by atoms with Crippen LogP contribution in [-0.2, 0) is 4.74 Å². The van der Waals surface area contributed by atoms with E-state index in [1.54, 1.807) is 0 Å². The molecule has 2 fully saturated rings. The minimum Gasteiger partial charge on any atom is -0.379 e. The predicted octanol–water partition coefficient (Wildman–Crippen LogP) is 0.659. The van der Waals surface area contributed by atoms with E-state index in [-0.39, 0.29) is 0 Å². The van der Waals surface area contributed by atoms with Gasteiger partial charge >= 0.3 is 0 Å².